The topological polar surface area (TPSA) is 17.1 Å². The van der Waals surface area contributed by atoms with Crippen molar-refractivity contribution in [2.45, 2.75) is 25.7 Å². The molecule has 104 valence electrons. The second-order valence-corrected chi connectivity index (χ2v) is 7.09. The fraction of sp³-hybridized carbons (Fsp3) is 0.350. The van der Waals surface area contributed by atoms with Crippen molar-refractivity contribution in [3.63, 3.8) is 0 Å². The Morgan fingerprint density at radius 3 is 2.43 bits per heavy atom. The molecule has 5 rings (SSSR count). The van der Waals surface area contributed by atoms with Crippen LogP contribution in [0.3, 0.4) is 0 Å². The molecule has 0 aliphatic heterocycles. The Hall–Kier alpha value is -1.89. The summed E-state index contributed by atoms with van der Waals surface area (Å²) < 4.78 is 0. The van der Waals surface area contributed by atoms with Gasteiger partial charge in [0.25, 0.3) is 0 Å². The van der Waals surface area contributed by atoms with Crippen LogP contribution in [-0.2, 0) is 17.6 Å². The van der Waals surface area contributed by atoms with Gasteiger partial charge >= 0.3 is 0 Å². The maximum atomic E-state index is 12.9. The van der Waals surface area contributed by atoms with Crippen LogP contribution in [0.25, 0.3) is 10.8 Å². The first-order valence-electron chi connectivity index (χ1n) is 7.97. The molecule has 3 atom stereocenters. The summed E-state index contributed by atoms with van der Waals surface area (Å²) in [6, 6.07) is 13.1. The van der Waals surface area contributed by atoms with Crippen molar-refractivity contribution >= 4 is 16.6 Å². The van der Waals surface area contributed by atoms with Crippen molar-refractivity contribution in [1.29, 1.82) is 0 Å². The maximum absolute atomic E-state index is 12.9. The van der Waals surface area contributed by atoms with E-state index in [9.17, 15) is 4.79 Å². The van der Waals surface area contributed by atoms with Gasteiger partial charge in [0, 0.05) is 11.8 Å². The summed E-state index contributed by atoms with van der Waals surface area (Å²) in [6.07, 6.45) is 8.53. The Labute approximate surface area is 124 Å². The number of carbonyl (C=O) groups excluding carboxylic acids is 1. The third kappa shape index (κ3) is 1.49. The number of benzene rings is 2. The van der Waals surface area contributed by atoms with E-state index in [4.69, 9.17) is 0 Å². The van der Waals surface area contributed by atoms with Gasteiger partial charge in [0.15, 0.2) is 0 Å². The van der Waals surface area contributed by atoms with Crippen molar-refractivity contribution in [3.05, 3.63) is 59.7 Å². The van der Waals surface area contributed by atoms with Crippen molar-refractivity contribution in [2.75, 3.05) is 0 Å². The van der Waals surface area contributed by atoms with E-state index in [0.717, 1.165) is 12.8 Å². The number of Topliss-reactive ketones (excluding diaryl/α,β-unsaturated/α-hetero) is 1. The largest absolute Gasteiger partial charge is 0.299 e. The van der Waals surface area contributed by atoms with Gasteiger partial charge in [-0.3, -0.25) is 4.79 Å². The standard InChI is InChI=1S/C20H18O/c21-19-10-16-8-14-3-1-2-4-15(14)9-17(16)12-20(19)11-13-5-6-18(20)7-13/h1-6,8-9,13,18H,7,10-12H2. The van der Waals surface area contributed by atoms with Crippen molar-refractivity contribution < 1.29 is 4.79 Å². The van der Waals surface area contributed by atoms with Crippen LogP contribution < -0.4 is 0 Å². The third-order valence-electron chi connectivity index (χ3n) is 5.99. The summed E-state index contributed by atoms with van der Waals surface area (Å²) in [5.41, 5.74) is 2.60. The minimum atomic E-state index is -0.0745. The Morgan fingerprint density at radius 1 is 1.00 bits per heavy atom. The number of allylic oxidation sites excluding steroid dienone is 2. The summed E-state index contributed by atoms with van der Waals surface area (Å²) in [5, 5.41) is 2.56. The lowest BCUT2D eigenvalue weighted by molar-refractivity contribution is -0.130. The van der Waals surface area contributed by atoms with E-state index in [1.807, 2.05) is 0 Å². The van der Waals surface area contributed by atoms with Crippen LogP contribution in [0.5, 0.6) is 0 Å². The van der Waals surface area contributed by atoms with Gasteiger partial charge in [-0.05, 0) is 53.0 Å². The van der Waals surface area contributed by atoms with Crippen molar-refractivity contribution in [1.82, 2.24) is 0 Å². The lowest BCUT2D eigenvalue weighted by Gasteiger charge is -2.38. The molecule has 3 aliphatic carbocycles. The molecule has 0 aromatic heterocycles. The van der Waals surface area contributed by atoms with Gasteiger partial charge in [0.2, 0.25) is 0 Å². The monoisotopic (exact) mass is 274 g/mol. The minimum Gasteiger partial charge on any atom is -0.299 e. The number of ketones is 1. The Balaban J connectivity index is 1.66. The zero-order chi connectivity index (χ0) is 14.0. The van der Waals surface area contributed by atoms with Crippen molar-refractivity contribution in [2.24, 2.45) is 17.3 Å². The average molecular weight is 274 g/mol. The predicted octanol–water partition coefficient (Wildman–Crippen LogP) is 4.09. The highest BCUT2D eigenvalue weighted by molar-refractivity contribution is 5.93. The van der Waals surface area contributed by atoms with E-state index in [1.54, 1.807) is 0 Å². The molecular weight excluding hydrogens is 256 g/mol. The summed E-state index contributed by atoms with van der Waals surface area (Å²) in [5.74, 6) is 1.64. The smallest absolute Gasteiger partial charge is 0.144 e. The van der Waals surface area contributed by atoms with Gasteiger partial charge < -0.3 is 0 Å². The van der Waals surface area contributed by atoms with Gasteiger partial charge in [0.1, 0.15) is 5.78 Å². The molecule has 1 nitrogen and oxygen atoms in total. The third-order valence-corrected chi connectivity index (χ3v) is 5.99. The second-order valence-electron chi connectivity index (χ2n) is 7.09. The molecule has 21 heavy (non-hydrogen) atoms. The fourth-order valence-corrected chi connectivity index (χ4v) is 4.93. The molecule has 0 saturated heterocycles. The zero-order valence-corrected chi connectivity index (χ0v) is 12.0. The Bertz CT molecular complexity index is 801. The van der Waals surface area contributed by atoms with E-state index < -0.39 is 0 Å². The molecule has 3 aliphatic rings. The summed E-state index contributed by atoms with van der Waals surface area (Å²) in [7, 11) is 0. The molecule has 0 N–H and O–H groups in total. The SMILES string of the molecule is O=C1Cc2cc3ccccc3cc2CC12CC1C=CC2C1. The number of hydrogen-bond donors (Lipinski definition) is 0. The highest BCUT2D eigenvalue weighted by atomic mass is 16.1. The van der Waals surface area contributed by atoms with E-state index in [-0.39, 0.29) is 5.41 Å². The molecule has 1 fully saturated rings. The zero-order valence-electron chi connectivity index (χ0n) is 12.0. The molecule has 0 heterocycles. The molecule has 0 amide bonds. The van der Waals surface area contributed by atoms with Crippen LogP contribution in [0.2, 0.25) is 0 Å². The first-order valence-corrected chi connectivity index (χ1v) is 7.97. The second kappa shape index (κ2) is 3.85. The molecule has 2 bridgehead atoms. The normalized spacial score (nSPS) is 33.0. The first-order chi connectivity index (χ1) is 10.2. The Morgan fingerprint density at radius 2 is 1.76 bits per heavy atom. The van der Waals surface area contributed by atoms with Crippen LogP contribution in [0.15, 0.2) is 48.6 Å². The predicted molar refractivity (Wildman–Crippen MR) is 84.2 cm³/mol. The van der Waals surface area contributed by atoms with Crippen LogP contribution in [-0.4, -0.2) is 5.78 Å². The van der Waals surface area contributed by atoms with Crippen LogP contribution in [0.1, 0.15) is 24.0 Å². The van der Waals surface area contributed by atoms with Crippen LogP contribution in [0, 0.1) is 17.3 Å². The van der Waals surface area contributed by atoms with Crippen LogP contribution >= 0.6 is 0 Å². The van der Waals surface area contributed by atoms with E-state index in [0.29, 0.717) is 24.0 Å². The summed E-state index contributed by atoms with van der Waals surface area (Å²) in [4.78, 5) is 12.9. The lowest BCUT2D eigenvalue weighted by atomic mass is 9.63. The molecule has 1 saturated carbocycles. The lowest BCUT2D eigenvalue weighted by Crippen LogP contribution is -2.41. The number of rotatable bonds is 0. The van der Waals surface area contributed by atoms with E-state index in [1.165, 1.54) is 28.3 Å². The number of carbonyl (C=O) groups is 1. The van der Waals surface area contributed by atoms with Gasteiger partial charge in [-0.2, -0.15) is 0 Å². The van der Waals surface area contributed by atoms with Gasteiger partial charge in [0.05, 0.1) is 0 Å². The fourth-order valence-electron chi connectivity index (χ4n) is 4.93. The van der Waals surface area contributed by atoms with Crippen LogP contribution in [0.4, 0.5) is 0 Å². The average Bonchev–Trinajstić information content (AvgIpc) is 3.08. The number of fused-ring (bicyclic) bond motifs is 5. The van der Waals surface area contributed by atoms with Gasteiger partial charge in [-0.1, -0.05) is 48.6 Å². The summed E-state index contributed by atoms with van der Waals surface area (Å²) >= 11 is 0. The number of hydrogen-bond acceptors (Lipinski definition) is 1. The quantitative estimate of drug-likeness (QED) is 0.661. The molecule has 2 aromatic carbocycles. The molecular formula is C20H18O. The molecule has 2 aromatic rings. The van der Waals surface area contributed by atoms with E-state index >= 15 is 0 Å². The summed E-state index contributed by atoms with van der Waals surface area (Å²) in [6.45, 7) is 0. The molecule has 0 radical (unpaired) electrons. The van der Waals surface area contributed by atoms with Gasteiger partial charge in [-0.25, -0.2) is 0 Å². The minimum absolute atomic E-state index is 0.0745. The molecule has 3 unspecified atom stereocenters. The Kier molecular flexibility index (Phi) is 2.15. The maximum Gasteiger partial charge on any atom is 0.144 e. The first kappa shape index (κ1) is 11.7. The van der Waals surface area contributed by atoms with Crippen molar-refractivity contribution in [3.8, 4) is 0 Å². The van der Waals surface area contributed by atoms with E-state index in [2.05, 4.69) is 48.6 Å². The molecule has 1 spiro atoms. The van der Waals surface area contributed by atoms with Gasteiger partial charge in [-0.15, -0.1) is 0 Å². The molecule has 1 heteroatoms. The highest BCUT2D eigenvalue weighted by Gasteiger charge is 2.54. The highest BCUT2D eigenvalue weighted by Crippen LogP contribution is 2.56.